The molecular weight excluding hydrogens is 380 g/mol. The second kappa shape index (κ2) is 9.61. The maximum Gasteiger partial charge on any atom is 0.266 e. The monoisotopic (exact) mass is 404 g/mol. The SMILES string of the molecule is COCCNC(=O)Cn1nc2c(c1NC(=O)C(C)Oc1ccccc1)CSC2. The van der Waals surface area contributed by atoms with Gasteiger partial charge in [0, 0.05) is 30.7 Å². The summed E-state index contributed by atoms with van der Waals surface area (Å²) in [6.45, 7) is 2.59. The van der Waals surface area contributed by atoms with Gasteiger partial charge in [0.15, 0.2) is 6.10 Å². The summed E-state index contributed by atoms with van der Waals surface area (Å²) in [4.78, 5) is 24.8. The number of ether oxygens (including phenoxy) is 2. The van der Waals surface area contributed by atoms with Gasteiger partial charge in [-0.1, -0.05) is 18.2 Å². The number of nitrogens with one attached hydrogen (secondary N) is 2. The average molecular weight is 404 g/mol. The second-order valence-electron chi connectivity index (χ2n) is 6.33. The number of carbonyl (C=O) groups excluding carboxylic acids is 2. The number of rotatable bonds is 9. The lowest BCUT2D eigenvalue weighted by molar-refractivity contribution is -0.123. The lowest BCUT2D eigenvalue weighted by Gasteiger charge is -2.16. The molecule has 0 bridgehead atoms. The molecular formula is C19H24N4O4S. The number of amides is 2. The molecule has 1 unspecified atom stereocenters. The number of hydrogen-bond donors (Lipinski definition) is 2. The molecule has 0 saturated heterocycles. The summed E-state index contributed by atoms with van der Waals surface area (Å²) in [5.41, 5.74) is 1.87. The van der Waals surface area contributed by atoms with Crippen molar-refractivity contribution in [1.29, 1.82) is 0 Å². The first kappa shape index (κ1) is 20.2. The van der Waals surface area contributed by atoms with E-state index in [9.17, 15) is 9.59 Å². The molecule has 28 heavy (non-hydrogen) atoms. The number of carbonyl (C=O) groups is 2. The summed E-state index contributed by atoms with van der Waals surface area (Å²) in [7, 11) is 1.58. The van der Waals surface area contributed by atoms with E-state index in [1.54, 1.807) is 42.6 Å². The minimum Gasteiger partial charge on any atom is -0.481 e. The molecule has 1 atom stereocenters. The van der Waals surface area contributed by atoms with Crippen molar-refractivity contribution in [3.63, 3.8) is 0 Å². The van der Waals surface area contributed by atoms with Crippen molar-refractivity contribution in [2.45, 2.75) is 31.1 Å². The molecule has 2 aromatic rings. The number of aromatic nitrogens is 2. The van der Waals surface area contributed by atoms with E-state index < -0.39 is 6.10 Å². The van der Waals surface area contributed by atoms with Gasteiger partial charge in [0.1, 0.15) is 18.1 Å². The smallest absolute Gasteiger partial charge is 0.266 e. The lowest BCUT2D eigenvalue weighted by atomic mass is 10.2. The third-order valence-electron chi connectivity index (χ3n) is 4.21. The highest BCUT2D eigenvalue weighted by atomic mass is 32.2. The van der Waals surface area contributed by atoms with Crippen LogP contribution >= 0.6 is 11.8 Å². The van der Waals surface area contributed by atoms with E-state index in [1.807, 2.05) is 18.2 Å². The van der Waals surface area contributed by atoms with Gasteiger partial charge in [-0.15, -0.1) is 0 Å². The van der Waals surface area contributed by atoms with Gasteiger partial charge >= 0.3 is 0 Å². The van der Waals surface area contributed by atoms with Gasteiger partial charge < -0.3 is 20.1 Å². The standard InChI is InChI=1S/C19H24N4O4S/c1-13(27-14-6-4-3-5-7-14)19(25)21-18-15-11-28-12-16(15)22-23(18)10-17(24)20-8-9-26-2/h3-7,13H,8-12H2,1-2H3,(H,20,24)(H,21,25). The molecule has 150 valence electrons. The Morgan fingerprint density at radius 2 is 2.07 bits per heavy atom. The maximum atomic E-state index is 12.7. The van der Waals surface area contributed by atoms with Crippen LogP contribution in [0.4, 0.5) is 5.82 Å². The Hall–Kier alpha value is -2.52. The number of benzene rings is 1. The normalized spacial score (nSPS) is 13.6. The Labute approximate surface area is 168 Å². The molecule has 1 aliphatic rings. The Bertz CT molecular complexity index is 825. The largest absolute Gasteiger partial charge is 0.481 e. The predicted molar refractivity (Wildman–Crippen MR) is 107 cm³/mol. The van der Waals surface area contributed by atoms with E-state index in [2.05, 4.69) is 15.7 Å². The zero-order valence-corrected chi connectivity index (χ0v) is 16.8. The molecule has 0 fully saturated rings. The quantitative estimate of drug-likeness (QED) is 0.619. The first-order valence-electron chi connectivity index (χ1n) is 9.03. The molecule has 2 heterocycles. The summed E-state index contributed by atoms with van der Waals surface area (Å²) < 4.78 is 12.2. The second-order valence-corrected chi connectivity index (χ2v) is 7.32. The Morgan fingerprint density at radius 3 is 2.82 bits per heavy atom. The molecule has 2 amide bonds. The van der Waals surface area contributed by atoms with Gasteiger partial charge in [0.2, 0.25) is 5.91 Å². The highest BCUT2D eigenvalue weighted by Crippen LogP contribution is 2.34. The van der Waals surface area contributed by atoms with Crippen LogP contribution in [-0.2, 0) is 32.4 Å². The van der Waals surface area contributed by atoms with Crippen LogP contribution in [0.1, 0.15) is 18.2 Å². The van der Waals surface area contributed by atoms with Crippen LogP contribution in [0.25, 0.3) is 0 Å². The third-order valence-corrected chi connectivity index (χ3v) is 5.18. The Kier molecular flexibility index (Phi) is 6.94. The first-order chi connectivity index (χ1) is 13.6. The lowest BCUT2D eigenvalue weighted by Crippen LogP contribution is -2.33. The van der Waals surface area contributed by atoms with Crippen molar-refractivity contribution in [2.24, 2.45) is 0 Å². The van der Waals surface area contributed by atoms with Crippen molar-refractivity contribution in [3.05, 3.63) is 41.6 Å². The average Bonchev–Trinajstić information content (AvgIpc) is 3.25. The number of fused-ring (bicyclic) bond motifs is 1. The number of methoxy groups -OCH3 is 1. The van der Waals surface area contributed by atoms with Gasteiger partial charge in [-0.2, -0.15) is 16.9 Å². The van der Waals surface area contributed by atoms with E-state index in [-0.39, 0.29) is 18.4 Å². The van der Waals surface area contributed by atoms with Gasteiger partial charge in [0.05, 0.1) is 12.3 Å². The zero-order chi connectivity index (χ0) is 19.9. The summed E-state index contributed by atoms with van der Waals surface area (Å²) in [5, 5.41) is 10.2. The minimum atomic E-state index is -0.689. The Morgan fingerprint density at radius 1 is 1.29 bits per heavy atom. The molecule has 0 saturated carbocycles. The van der Waals surface area contributed by atoms with Gasteiger partial charge in [-0.25, -0.2) is 4.68 Å². The van der Waals surface area contributed by atoms with Crippen molar-refractivity contribution in [2.75, 3.05) is 25.6 Å². The van der Waals surface area contributed by atoms with Crippen molar-refractivity contribution in [3.8, 4) is 5.75 Å². The van der Waals surface area contributed by atoms with Crippen LogP contribution in [0.2, 0.25) is 0 Å². The fourth-order valence-corrected chi connectivity index (χ4v) is 3.81. The Balaban J connectivity index is 1.68. The molecule has 0 spiro atoms. The third kappa shape index (κ3) is 5.05. The van der Waals surface area contributed by atoms with Gasteiger partial charge in [-0.05, 0) is 19.1 Å². The maximum absolute atomic E-state index is 12.7. The summed E-state index contributed by atoms with van der Waals surface area (Å²) >= 11 is 1.73. The molecule has 1 aromatic heterocycles. The summed E-state index contributed by atoms with van der Waals surface area (Å²) in [6.07, 6.45) is -0.689. The molecule has 9 heteroatoms. The van der Waals surface area contributed by atoms with E-state index >= 15 is 0 Å². The summed E-state index contributed by atoms with van der Waals surface area (Å²) in [5.74, 6) is 2.24. The fourth-order valence-electron chi connectivity index (χ4n) is 2.78. The predicted octanol–water partition coefficient (Wildman–Crippen LogP) is 1.80. The molecule has 2 N–H and O–H groups in total. The highest BCUT2D eigenvalue weighted by molar-refractivity contribution is 7.98. The topological polar surface area (TPSA) is 94.5 Å². The zero-order valence-electron chi connectivity index (χ0n) is 15.9. The van der Waals surface area contributed by atoms with Crippen molar-refractivity contribution < 1.29 is 19.1 Å². The van der Waals surface area contributed by atoms with Crippen LogP contribution in [0.3, 0.4) is 0 Å². The van der Waals surface area contributed by atoms with Crippen LogP contribution in [0.5, 0.6) is 5.75 Å². The molecule has 0 aliphatic carbocycles. The van der Waals surface area contributed by atoms with Gasteiger partial charge in [0.25, 0.3) is 5.91 Å². The highest BCUT2D eigenvalue weighted by Gasteiger charge is 2.26. The molecule has 0 radical (unpaired) electrons. The fraction of sp³-hybridized carbons (Fsp3) is 0.421. The van der Waals surface area contributed by atoms with Crippen LogP contribution in [-0.4, -0.2) is 48.0 Å². The van der Waals surface area contributed by atoms with Crippen LogP contribution < -0.4 is 15.4 Å². The molecule has 8 nitrogen and oxygen atoms in total. The minimum absolute atomic E-state index is 0.0327. The van der Waals surface area contributed by atoms with Crippen LogP contribution in [0.15, 0.2) is 30.3 Å². The van der Waals surface area contributed by atoms with E-state index in [0.29, 0.717) is 24.7 Å². The van der Waals surface area contributed by atoms with E-state index in [0.717, 1.165) is 22.8 Å². The number of hydrogen-bond acceptors (Lipinski definition) is 6. The molecule has 1 aliphatic heterocycles. The van der Waals surface area contributed by atoms with E-state index in [1.165, 1.54) is 0 Å². The van der Waals surface area contributed by atoms with E-state index in [4.69, 9.17) is 9.47 Å². The van der Waals surface area contributed by atoms with Gasteiger partial charge in [-0.3, -0.25) is 9.59 Å². The number of para-hydroxylation sites is 1. The number of anilines is 1. The molecule has 1 aromatic carbocycles. The number of thioether (sulfide) groups is 1. The summed E-state index contributed by atoms with van der Waals surface area (Å²) in [6, 6.07) is 9.18. The van der Waals surface area contributed by atoms with Crippen molar-refractivity contribution in [1.82, 2.24) is 15.1 Å². The molecule has 3 rings (SSSR count). The number of nitrogens with zero attached hydrogens (tertiary/aromatic N) is 2. The van der Waals surface area contributed by atoms with Crippen LogP contribution in [0, 0.1) is 0 Å². The first-order valence-corrected chi connectivity index (χ1v) is 10.2. The van der Waals surface area contributed by atoms with Crippen molar-refractivity contribution >= 4 is 29.4 Å².